The highest BCUT2D eigenvalue weighted by molar-refractivity contribution is 5.95. The number of carbonyl (C=O) groups excluding carboxylic acids is 1. The van der Waals surface area contributed by atoms with E-state index in [1.54, 1.807) is 6.20 Å². The number of likely N-dealkylation sites (N-methyl/N-ethyl adjacent to an activating group) is 1. The molecule has 6 heteroatoms. The molecule has 1 aromatic rings. The normalized spacial score (nSPS) is 22.4. The van der Waals surface area contributed by atoms with Crippen LogP contribution in [0.15, 0.2) is 6.20 Å². The number of rotatable bonds is 5. The third-order valence-corrected chi connectivity index (χ3v) is 4.58. The number of likely N-dealkylation sites (tertiary alicyclic amines) is 1. The summed E-state index contributed by atoms with van der Waals surface area (Å²) in [5, 5.41) is 15.1. The third kappa shape index (κ3) is 4.32. The largest absolute Gasteiger partial charge is 0.388 e. The van der Waals surface area contributed by atoms with E-state index >= 15 is 0 Å². The molecule has 6 nitrogen and oxygen atoms in total. The average Bonchev–Trinajstić information content (AvgIpc) is 2.71. The minimum absolute atomic E-state index is 0.0407. The fraction of sp³-hybridized carbons (Fsp3) is 0.765. The van der Waals surface area contributed by atoms with Crippen molar-refractivity contribution in [3.63, 3.8) is 0 Å². The Bertz CT molecular complexity index is 541. The first-order chi connectivity index (χ1) is 10.9. The molecule has 0 radical (unpaired) electrons. The lowest BCUT2D eigenvalue weighted by molar-refractivity contribution is 0.00305. The first-order valence-electron chi connectivity index (χ1n) is 8.55. The summed E-state index contributed by atoms with van der Waals surface area (Å²) in [6.07, 6.45) is 4.88. The van der Waals surface area contributed by atoms with Gasteiger partial charge in [-0.1, -0.05) is 6.92 Å². The summed E-state index contributed by atoms with van der Waals surface area (Å²) in [7, 11) is 3.94. The molecule has 23 heavy (non-hydrogen) atoms. The Kier molecular flexibility index (Phi) is 5.81. The van der Waals surface area contributed by atoms with Crippen LogP contribution in [-0.4, -0.2) is 69.9 Å². The Morgan fingerprint density at radius 2 is 2.13 bits per heavy atom. The summed E-state index contributed by atoms with van der Waals surface area (Å²) in [5.74, 6) is 0.0407. The maximum absolute atomic E-state index is 12.8. The molecule has 2 heterocycles. The molecule has 0 unspecified atom stereocenters. The number of aryl methyl sites for hydroxylation is 1. The van der Waals surface area contributed by atoms with Crippen LogP contribution >= 0.6 is 0 Å². The Balaban J connectivity index is 2.06. The average molecular weight is 322 g/mol. The highest BCUT2D eigenvalue weighted by atomic mass is 16.3. The Morgan fingerprint density at radius 1 is 1.39 bits per heavy atom. The minimum Gasteiger partial charge on any atom is -0.388 e. The second kappa shape index (κ2) is 7.45. The number of amides is 1. The minimum atomic E-state index is -0.694. The standard InChI is InChI=1S/C17H30N4O2/c1-5-9-21-14(2)15(12-18-21)16(22)20-10-6-7-17(23,8-11-20)13-19(3)4/h12,23H,5-11,13H2,1-4H3/t17-/m0/s1. The van der Waals surface area contributed by atoms with Crippen LogP contribution in [0, 0.1) is 6.92 Å². The molecule has 0 saturated carbocycles. The molecule has 2 rings (SSSR count). The zero-order chi connectivity index (χ0) is 17.0. The lowest BCUT2D eigenvalue weighted by atomic mass is 9.94. The summed E-state index contributed by atoms with van der Waals surface area (Å²) in [6.45, 7) is 6.83. The molecule has 0 aliphatic carbocycles. The molecule has 1 N–H and O–H groups in total. The zero-order valence-electron chi connectivity index (χ0n) is 14.9. The Morgan fingerprint density at radius 3 is 2.78 bits per heavy atom. The monoisotopic (exact) mass is 322 g/mol. The number of hydrogen-bond donors (Lipinski definition) is 1. The van der Waals surface area contributed by atoms with Gasteiger partial charge in [0, 0.05) is 31.9 Å². The van der Waals surface area contributed by atoms with Crippen molar-refractivity contribution in [2.45, 2.75) is 51.7 Å². The van der Waals surface area contributed by atoms with E-state index in [-0.39, 0.29) is 5.91 Å². The molecule has 1 aliphatic heterocycles. The van der Waals surface area contributed by atoms with E-state index in [0.717, 1.165) is 31.5 Å². The van der Waals surface area contributed by atoms with Crippen molar-refractivity contribution in [1.82, 2.24) is 19.6 Å². The van der Waals surface area contributed by atoms with Crippen LogP contribution in [0.3, 0.4) is 0 Å². The van der Waals surface area contributed by atoms with Gasteiger partial charge >= 0.3 is 0 Å². The Labute approximate surface area is 139 Å². The summed E-state index contributed by atoms with van der Waals surface area (Å²) in [5.41, 5.74) is 0.932. The third-order valence-electron chi connectivity index (χ3n) is 4.58. The zero-order valence-corrected chi connectivity index (χ0v) is 14.9. The lowest BCUT2D eigenvalue weighted by Gasteiger charge is -2.29. The van der Waals surface area contributed by atoms with Crippen molar-refractivity contribution in [2.24, 2.45) is 0 Å². The molecule has 1 amide bonds. The molecule has 1 aliphatic rings. The second-order valence-electron chi connectivity index (χ2n) is 6.97. The molecular weight excluding hydrogens is 292 g/mol. The summed E-state index contributed by atoms with van der Waals surface area (Å²) in [6, 6.07) is 0. The van der Waals surface area contributed by atoms with Crippen LogP contribution in [-0.2, 0) is 6.54 Å². The summed E-state index contributed by atoms with van der Waals surface area (Å²) in [4.78, 5) is 16.7. The van der Waals surface area contributed by atoms with Crippen LogP contribution in [0.1, 0.15) is 48.7 Å². The highest BCUT2D eigenvalue weighted by Gasteiger charge is 2.32. The van der Waals surface area contributed by atoms with Crippen LogP contribution in [0.2, 0.25) is 0 Å². The molecular formula is C17H30N4O2. The second-order valence-corrected chi connectivity index (χ2v) is 6.97. The van der Waals surface area contributed by atoms with Crippen LogP contribution < -0.4 is 0 Å². The van der Waals surface area contributed by atoms with Crippen LogP contribution in [0.25, 0.3) is 0 Å². The van der Waals surface area contributed by atoms with Gasteiger partial charge in [-0.05, 0) is 46.7 Å². The van der Waals surface area contributed by atoms with E-state index in [4.69, 9.17) is 0 Å². The van der Waals surface area contributed by atoms with E-state index in [2.05, 4.69) is 12.0 Å². The number of hydrogen-bond acceptors (Lipinski definition) is 4. The lowest BCUT2D eigenvalue weighted by Crippen LogP contribution is -2.41. The fourth-order valence-corrected chi connectivity index (χ4v) is 3.39. The topological polar surface area (TPSA) is 61.6 Å². The van der Waals surface area contributed by atoms with Crippen LogP contribution in [0.5, 0.6) is 0 Å². The smallest absolute Gasteiger partial charge is 0.257 e. The van der Waals surface area contributed by atoms with Gasteiger partial charge in [0.05, 0.1) is 17.4 Å². The molecule has 130 valence electrons. The van der Waals surface area contributed by atoms with E-state index < -0.39 is 5.60 Å². The van der Waals surface area contributed by atoms with Crippen molar-refractivity contribution < 1.29 is 9.90 Å². The molecule has 0 spiro atoms. The van der Waals surface area contributed by atoms with E-state index in [1.807, 2.05) is 35.5 Å². The summed E-state index contributed by atoms with van der Waals surface area (Å²) >= 11 is 0. The van der Waals surface area contributed by atoms with Crippen molar-refractivity contribution in [3.05, 3.63) is 17.5 Å². The van der Waals surface area contributed by atoms with Gasteiger partial charge in [0.25, 0.3) is 5.91 Å². The maximum atomic E-state index is 12.8. The fourth-order valence-electron chi connectivity index (χ4n) is 3.39. The van der Waals surface area contributed by atoms with Crippen LogP contribution in [0.4, 0.5) is 0 Å². The first-order valence-corrected chi connectivity index (χ1v) is 8.55. The predicted octanol–water partition coefficient (Wildman–Crippen LogP) is 1.52. The van der Waals surface area contributed by atoms with Gasteiger partial charge in [-0.2, -0.15) is 5.10 Å². The van der Waals surface area contributed by atoms with Crippen molar-refractivity contribution in [1.29, 1.82) is 0 Å². The molecule has 0 bridgehead atoms. The van der Waals surface area contributed by atoms with E-state index in [1.165, 1.54) is 0 Å². The van der Waals surface area contributed by atoms with Gasteiger partial charge in [-0.3, -0.25) is 9.48 Å². The van der Waals surface area contributed by atoms with E-state index in [0.29, 0.717) is 31.6 Å². The molecule has 1 saturated heterocycles. The molecule has 1 fully saturated rings. The molecule has 1 aromatic heterocycles. The molecule has 0 aromatic carbocycles. The highest BCUT2D eigenvalue weighted by Crippen LogP contribution is 2.24. The Hall–Kier alpha value is -1.40. The SMILES string of the molecule is CCCn1ncc(C(=O)N2CCC[C@@](O)(CN(C)C)CC2)c1C. The first kappa shape index (κ1) is 17.9. The van der Waals surface area contributed by atoms with Crippen molar-refractivity contribution in [3.8, 4) is 0 Å². The van der Waals surface area contributed by atoms with Crippen molar-refractivity contribution >= 4 is 5.91 Å². The van der Waals surface area contributed by atoms with Gasteiger partial charge in [0.15, 0.2) is 0 Å². The molecule has 1 atom stereocenters. The predicted molar refractivity (Wildman–Crippen MR) is 90.5 cm³/mol. The van der Waals surface area contributed by atoms with Gasteiger partial charge < -0.3 is 14.9 Å². The number of carbonyl (C=O) groups is 1. The van der Waals surface area contributed by atoms with Crippen molar-refractivity contribution in [2.75, 3.05) is 33.7 Å². The van der Waals surface area contributed by atoms with Gasteiger partial charge in [-0.15, -0.1) is 0 Å². The maximum Gasteiger partial charge on any atom is 0.257 e. The number of nitrogens with zero attached hydrogens (tertiary/aromatic N) is 4. The number of aromatic nitrogens is 2. The summed E-state index contributed by atoms with van der Waals surface area (Å²) < 4.78 is 1.90. The number of aliphatic hydroxyl groups is 1. The quantitative estimate of drug-likeness (QED) is 0.893. The van der Waals surface area contributed by atoms with Gasteiger partial charge in [-0.25, -0.2) is 0 Å². The van der Waals surface area contributed by atoms with Gasteiger partial charge in [0.1, 0.15) is 0 Å². The van der Waals surface area contributed by atoms with Gasteiger partial charge in [0.2, 0.25) is 0 Å². The van der Waals surface area contributed by atoms with E-state index in [9.17, 15) is 9.90 Å².